The van der Waals surface area contributed by atoms with Crippen LogP contribution < -0.4 is 0 Å². The number of rotatable bonds is 4. The molecule has 27 heavy (non-hydrogen) atoms. The number of carbonyl (C=O) groups excluding carboxylic acids is 1. The van der Waals surface area contributed by atoms with Gasteiger partial charge in [0.1, 0.15) is 0 Å². The van der Waals surface area contributed by atoms with Crippen molar-refractivity contribution in [2.24, 2.45) is 0 Å². The number of nitrogens with zero attached hydrogens (tertiary/aromatic N) is 3. The van der Waals surface area contributed by atoms with E-state index in [1.807, 2.05) is 11.9 Å². The number of likely N-dealkylation sites (N-methyl/N-ethyl adjacent to an activating group) is 1. The van der Waals surface area contributed by atoms with Crippen molar-refractivity contribution in [1.82, 2.24) is 14.7 Å². The molecule has 2 atom stereocenters. The first-order valence-electron chi connectivity index (χ1n) is 9.93. The molecule has 1 aromatic rings. The van der Waals surface area contributed by atoms with Crippen LogP contribution in [0, 0.1) is 0 Å². The standard InChI is InChI=1S/C20H29N3O3S/c1-21(19-7-6-16-4-2-3-5-18(16)19)14-20(24)23-11-9-22(10-12-23)17-8-13-27(25,26)15-17/h2-5,17,19H,6-15H2,1H3. The maximum absolute atomic E-state index is 12.8. The molecule has 2 heterocycles. The first-order chi connectivity index (χ1) is 12.9. The van der Waals surface area contributed by atoms with Gasteiger partial charge in [-0.05, 0) is 37.4 Å². The highest BCUT2D eigenvalue weighted by Crippen LogP contribution is 2.34. The lowest BCUT2D eigenvalue weighted by molar-refractivity contribution is -0.134. The Kier molecular flexibility index (Phi) is 5.27. The van der Waals surface area contributed by atoms with Crippen molar-refractivity contribution in [1.29, 1.82) is 0 Å². The fourth-order valence-corrected chi connectivity index (χ4v) is 6.58. The zero-order valence-electron chi connectivity index (χ0n) is 16.0. The van der Waals surface area contributed by atoms with Crippen molar-refractivity contribution in [3.63, 3.8) is 0 Å². The van der Waals surface area contributed by atoms with Gasteiger partial charge in [0, 0.05) is 38.3 Å². The average Bonchev–Trinajstić information content (AvgIpc) is 3.25. The summed E-state index contributed by atoms with van der Waals surface area (Å²) in [7, 11) is -0.807. The zero-order valence-corrected chi connectivity index (χ0v) is 16.8. The molecule has 3 aliphatic rings. The summed E-state index contributed by atoms with van der Waals surface area (Å²) in [5, 5.41) is 0. The molecule has 148 valence electrons. The summed E-state index contributed by atoms with van der Waals surface area (Å²) < 4.78 is 23.4. The minimum Gasteiger partial charge on any atom is -0.339 e. The number of piperazine rings is 1. The van der Waals surface area contributed by atoms with Gasteiger partial charge < -0.3 is 4.90 Å². The summed E-state index contributed by atoms with van der Waals surface area (Å²) in [6, 6.07) is 9.01. The fraction of sp³-hybridized carbons (Fsp3) is 0.650. The molecule has 6 nitrogen and oxygen atoms in total. The van der Waals surface area contributed by atoms with Crippen LogP contribution in [-0.2, 0) is 21.1 Å². The summed E-state index contributed by atoms with van der Waals surface area (Å²) >= 11 is 0. The van der Waals surface area contributed by atoms with Crippen LogP contribution in [0.3, 0.4) is 0 Å². The predicted octanol–water partition coefficient (Wildman–Crippen LogP) is 0.937. The second-order valence-corrected chi connectivity index (χ2v) is 10.4. The van der Waals surface area contributed by atoms with Gasteiger partial charge in [-0.3, -0.25) is 14.6 Å². The molecular formula is C20H29N3O3S. The summed E-state index contributed by atoms with van der Waals surface area (Å²) in [6.07, 6.45) is 2.90. The lowest BCUT2D eigenvalue weighted by Gasteiger charge is -2.38. The first kappa shape index (κ1) is 18.9. The van der Waals surface area contributed by atoms with Crippen molar-refractivity contribution in [2.45, 2.75) is 31.3 Å². The molecule has 1 amide bonds. The van der Waals surface area contributed by atoms with Crippen molar-refractivity contribution >= 4 is 15.7 Å². The van der Waals surface area contributed by atoms with Crippen LogP contribution in [0.1, 0.15) is 30.0 Å². The summed E-state index contributed by atoms with van der Waals surface area (Å²) in [6.45, 7) is 3.40. The summed E-state index contributed by atoms with van der Waals surface area (Å²) in [4.78, 5) is 19.2. The van der Waals surface area contributed by atoms with E-state index in [1.165, 1.54) is 11.1 Å². The minimum absolute atomic E-state index is 0.143. The predicted molar refractivity (Wildman–Crippen MR) is 105 cm³/mol. The Morgan fingerprint density at radius 3 is 2.59 bits per heavy atom. The topological polar surface area (TPSA) is 60.9 Å². The molecule has 2 saturated heterocycles. The number of amides is 1. The second kappa shape index (κ2) is 7.53. The summed E-state index contributed by atoms with van der Waals surface area (Å²) in [5.74, 6) is 0.774. The lowest BCUT2D eigenvalue weighted by Crippen LogP contribution is -2.53. The first-order valence-corrected chi connectivity index (χ1v) is 11.8. The van der Waals surface area contributed by atoms with Gasteiger partial charge in [0.25, 0.3) is 0 Å². The Morgan fingerprint density at radius 2 is 1.89 bits per heavy atom. The molecule has 1 aromatic carbocycles. The van der Waals surface area contributed by atoms with Gasteiger partial charge in [0.05, 0.1) is 18.1 Å². The number of hydrogen-bond acceptors (Lipinski definition) is 5. The number of hydrogen-bond donors (Lipinski definition) is 0. The van der Waals surface area contributed by atoms with Gasteiger partial charge in [-0.15, -0.1) is 0 Å². The third-order valence-corrected chi connectivity index (χ3v) is 8.16. The number of carbonyl (C=O) groups is 1. The molecule has 0 saturated carbocycles. The van der Waals surface area contributed by atoms with E-state index < -0.39 is 9.84 Å². The van der Waals surface area contributed by atoms with Crippen LogP contribution >= 0.6 is 0 Å². The van der Waals surface area contributed by atoms with Crippen LogP contribution in [0.5, 0.6) is 0 Å². The fourth-order valence-electron chi connectivity index (χ4n) is 4.82. The Labute approximate surface area is 162 Å². The molecular weight excluding hydrogens is 362 g/mol. The van der Waals surface area contributed by atoms with Gasteiger partial charge in [-0.1, -0.05) is 24.3 Å². The SMILES string of the molecule is CN(CC(=O)N1CCN(C2CCS(=O)(=O)C2)CC1)C1CCc2ccccc21. The minimum atomic E-state index is -2.85. The van der Waals surface area contributed by atoms with E-state index in [-0.39, 0.29) is 17.7 Å². The summed E-state index contributed by atoms with van der Waals surface area (Å²) in [5.41, 5.74) is 2.77. The molecule has 0 aromatic heterocycles. The van der Waals surface area contributed by atoms with Crippen LogP contribution in [-0.4, -0.2) is 86.3 Å². The molecule has 2 fully saturated rings. The quantitative estimate of drug-likeness (QED) is 0.764. The molecule has 0 radical (unpaired) electrons. The van der Waals surface area contributed by atoms with Crippen molar-refractivity contribution in [2.75, 3.05) is 51.3 Å². The van der Waals surface area contributed by atoms with Crippen LogP contribution in [0.25, 0.3) is 0 Å². The third-order valence-electron chi connectivity index (χ3n) is 6.41. The van der Waals surface area contributed by atoms with Crippen molar-refractivity contribution in [3.05, 3.63) is 35.4 Å². The Hall–Kier alpha value is -1.44. The average molecular weight is 392 g/mol. The molecule has 2 unspecified atom stereocenters. The number of aryl methyl sites for hydroxylation is 1. The molecule has 4 rings (SSSR count). The van der Waals surface area contributed by atoms with Gasteiger partial charge in [-0.25, -0.2) is 8.42 Å². The van der Waals surface area contributed by atoms with E-state index in [2.05, 4.69) is 34.1 Å². The highest BCUT2D eigenvalue weighted by Gasteiger charge is 2.35. The van der Waals surface area contributed by atoms with E-state index >= 15 is 0 Å². The normalized spacial score (nSPS) is 27.9. The van der Waals surface area contributed by atoms with Gasteiger partial charge in [-0.2, -0.15) is 0 Å². The Balaban J connectivity index is 1.29. The number of benzene rings is 1. The molecule has 0 N–H and O–H groups in total. The maximum Gasteiger partial charge on any atom is 0.236 e. The van der Waals surface area contributed by atoms with Crippen molar-refractivity contribution < 1.29 is 13.2 Å². The van der Waals surface area contributed by atoms with E-state index in [0.29, 0.717) is 31.4 Å². The van der Waals surface area contributed by atoms with Gasteiger partial charge in [0.2, 0.25) is 5.91 Å². The highest BCUT2D eigenvalue weighted by atomic mass is 32.2. The molecule has 0 spiro atoms. The number of fused-ring (bicyclic) bond motifs is 1. The van der Waals surface area contributed by atoms with Gasteiger partial charge >= 0.3 is 0 Å². The van der Waals surface area contributed by atoms with E-state index in [9.17, 15) is 13.2 Å². The van der Waals surface area contributed by atoms with Crippen LogP contribution in [0.2, 0.25) is 0 Å². The van der Waals surface area contributed by atoms with Crippen LogP contribution in [0.15, 0.2) is 24.3 Å². The van der Waals surface area contributed by atoms with Crippen molar-refractivity contribution in [3.8, 4) is 0 Å². The monoisotopic (exact) mass is 391 g/mol. The number of sulfone groups is 1. The molecule has 0 bridgehead atoms. The smallest absolute Gasteiger partial charge is 0.236 e. The lowest BCUT2D eigenvalue weighted by atomic mass is 10.1. The third kappa shape index (κ3) is 4.05. The van der Waals surface area contributed by atoms with E-state index in [1.54, 1.807) is 0 Å². The largest absolute Gasteiger partial charge is 0.339 e. The molecule has 1 aliphatic carbocycles. The highest BCUT2D eigenvalue weighted by molar-refractivity contribution is 7.91. The van der Waals surface area contributed by atoms with E-state index in [0.717, 1.165) is 32.4 Å². The van der Waals surface area contributed by atoms with E-state index in [4.69, 9.17) is 0 Å². The van der Waals surface area contributed by atoms with Gasteiger partial charge in [0.15, 0.2) is 9.84 Å². The second-order valence-electron chi connectivity index (χ2n) is 8.14. The molecule has 2 aliphatic heterocycles. The Morgan fingerprint density at radius 1 is 1.15 bits per heavy atom. The van der Waals surface area contributed by atoms with Crippen LogP contribution in [0.4, 0.5) is 0 Å². The Bertz CT molecular complexity index is 802. The zero-order chi connectivity index (χ0) is 19.0. The maximum atomic E-state index is 12.8. The molecule has 7 heteroatoms.